The first-order chi connectivity index (χ1) is 14.1. The van der Waals surface area contributed by atoms with Crippen molar-refractivity contribution in [1.29, 1.82) is 0 Å². The number of ketones is 1. The molecule has 8 heteroatoms. The second-order valence-electron chi connectivity index (χ2n) is 7.84. The van der Waals surface area contributed by atoms with Crippen molar-refractivity contribution in [3.05, 3.63) is 52.8 Å². The van der Waals surface area contributed by atoms with Gasteiger partial charge in [0.1, 0.15) is 12.3 Å². The third kappa shape index (κ3) is 5.64. The zero-order valence-electron chi connectivity index (χ0n) is 17.2. The molecule has 164 valence electrons. The zero-order valence-corrected chi connectivity index (χ0v) is 17.2. The number of hydrogen-bond acceptors (Lipinski definition) is 4. The summed E-state index contributed by atoms with van der Waals surface area (Å²) in [5.41, 5.74) is 1.70. The Bertz CT molecular complexity index is 886. The van der Waals surface area contributed by atoms with Crippen LogP contribution in [0, 0.1) is 13.8 Å². The molecule has 30 heavy (non-hydrogen) atoms. The van der Waals surface area contributed by atoms with E-state index in [-0.39, 0.29) is 24.2 Å². The molecule has 1 aromatic carbocycles. The number of nitrogens with zero attached hydrogens (tertiary/aromatic N) is 2. The van der Waals surface area contributed by atoms with Crippen molar-refractivity contribution < 1.29 is 27.8 Å². The van der Waals surface area contributed by atoms with E-state index in [9.17, 15) is 23.1 Å². The molecule has 1 N–H and O–H groups in total. The molecular weight excluding hydrogens is 397 g/mol. The maximum Gasteiger partial charge on any atom is 0.406 e. The van der Waals surface area contributed by atoms with Crippen LogP contribution in [0.2, 0.25) is 0 Å². The van der Waals surface area contributed by atoms with Gasteiger partial charge in [-0.05, 0) is 38.8 Å². The fraction of sp³-hybridized carbons (Fsp3) is 0.500. The van der Waals surface area contributed by atoms with Crippen LogP contribution in [-0.2, 0) is 17.8 Å². The Hall–Kier alpha value is -2.32. The predicted octanol–water partition coefficient (Wildman–Crippen LogP) is 4.24. The largest absolute Gasteiger partial charge is 0.508 e. The highest BCUT2D eigenvalue weighted by Gasteiger charge is 2.31. The van der Waals surface area contributed by atoms with Crippen LogP contribution in [-0.4, -0.2) is 52.3 Å². The summed E-state index contributed by atoms with van der Waals surface area (Å²) < 4.78 is 45.5. The molecule has 2 heterocycles. The summed E-state index contributed by atoms with van der Waals surface area (Å²) in [7, 11) is 0. The van der Waals surface area contributed by atoms with E-state index < -0.39 is 12.7 Å². The van der Waals surface area contributed by atoms with Gasteiger partial charge < -0.3 is 14.4 Å². The molecule has 0 spiro atoms. The topological polar surface area (TPSA) is 54.7 Å². The predicted molar refractivity (Wildman–Crippen MR) is 107 cm³/mol. The number of Topliss-reactive ketones (excluding diaryl/α,β-unsaturated/α-hetero) is 1. The maximum atomic E-state index is 13.0. The van der Waals surface area contributed by atoms with Crippen LogP contribution in [0.3, 0.4) is 0 Å². The number of hydrogen-bond donors (Lipinski definition) is 1. The molecule has 0 amide bonds. The van der Waals surface area contributed by atoms with Gasteiger partial charge in [0.05, 0.1) is 12.6 Å². The standard InChI is InChI=1S/C22H27F3N2O3/c1-15-10-19(16(2)27(15)14-22(23,24)25)21(29)13-26(12-18-7-5-9-30-18)11-17-6-3-4-8-20(17)28/h3-4,6,8,10,18,28H,5,7,9,11-14H2,1-2H3. The van der Waals surface area contributed by atoms with Crippen LogP contribution < -0.4 is 0 Å². The summed E-state index contributed by atoms with van der Waals surface area (Å²) in [5, 5.41) is 10.1. The van der Waals surface area contributed by atoms with Crippen molar-refractivity contribution in [2.24, 2.45) is 0 Å². The van der Waals surface area contributed by atoms with E-state index in [1.807, 2.05) is 11.0 Å². The van der Waals surface area contributed by atoms with Crippen molar-refractivity contribution in [3.63, 3.8) is 0 Å². The van der Waals surface area contributed by atoms with Crippen LogP contribution >= 0.6 is 0 Å². The minimum Gasteiger partial charge on any atom is -0.508 e. The number of halogens is 3. The lowest BCUT2D eigenvalue weighted by Crippen LogP contribution is -2.36. The molecule has 1 aliphatic heterocycles. The normalized spacial score (nSPS) is 17.1. The number of ether oxygens (including phenoxy) is 1. The lowest BCUT2D eigenvalue weighted by Gasteiger charge is -2.25. The van der Waals surface area contributed by atoms with E-state index >= 15 is 0 Å². The fourth-order valence-corrected chi connectivity index (χ4v) is 3.94. The van der Waals surface area contributed by atoms with Gasteiger partial charge in [0.15, 0.2) is 5.78 Å². The Balaban J connectivity index is 1.78. The molecule has 3 rings (SSSR count). The third-order valence-electron chi connectivity index (χ3n) is 5.45. The van der Waals surface area contributed by atoms with Crippen LogP contribution in [0.5, 0.6) is 5.75 Å². The number of aromatic nitrogens is 1. The second kappa shape index (κ2) is 9.22. The van der Waals surface area contributed by atoms with E-state index in [4.69, 9.17) is 4.74 Å². The minimum atomic E-state index is -4.36. The molecule has 2 aromatic rings. The molecule has 1 unspecified atom stereocenters. The number of carbonyl (C=O) groups excluding carboxylic acids is 1. The van der Waals surface area contributed by atoms with Crippen LogP contribution in [0.1, 0.15) is 40.2 Å². The van der Waals surface area contributed by atoms with Gasteiger partial charge >= 0.3 is 6.18 Å². The third-order valence-corrected chi connectivity index (χ3v) is 5.45. The van der Waals surface area contributed by atoms with E-state index in [1.165, 1.54) is 6.07 Å². The molecule has 0 aliphatic carbocycles. The first kappa shape index (κ1) is 22.4. The van der Waals surface area contributed by atoms with E-state index in [1.54, 1.807) is 32.0 Å². The summed E-state index contributed by atoms with van der Waals surface area (Å²) in [6, 6.07) is 8.44. The van der Waals surface area contributed by atoms with Crippen molar-refractivity contribution in [2.45, 2.75) is 52.1 Å². The highest BCUT2D eigenvalue weighted by molar-refractivity contribution is 5.99. The Morgan fingerprint density at radius 1 is 1.30 bits per heavy atom. The Kier molecular flexibility index (Phi) is 6.88. The molecule has 1 aliphatic rings. The summed E-state index contributed by atoms with van der Waals surface area (Å²) >= 11 is 0. The number of benzene rings is 1. The van der Waals surface area contributed by atoms with Crippen molar-refractivity contribution in [1.82, 2.24) is 9.47 Å². The molecule has 0 bridgehead atoms. The van der Waals surface area contributed by atoms with E-state index in [0.717, 1.165) is 17.4 Å². The highest BCUT2D eigenvalue weighted by atomic mass is 19.4. The number of rotatable bonds is 8. The SMILES string of the molecule is Cc1cc(C(=O)CN(Cc2ccccc2O)CC2CCCO2)c(C)n1CC(F)(F)F. The van der Waals surface area contributed by atoms with Gasteiger partial charge in [-0.15, -0.1) is 0 Å². The number of para-hydroxylation sites is 1. The molecule has 1 aromatic heterocycles. The van der Waals surface area contributed by atoms with Gasteiger partial charge in [-0.25, -0.2) is 0 Å². The number of alkyl halides is 3. The first-order valence-electron chi connectivity index (χ1n) is 10.0. The van der Waals surface area contributed by atoms with Crippen LogP contribution in [0.15, 0.2) is 30.3 Å². The second-order valence-corrected chi connectivity index (χ2v) is 7.84. The molecule has 1 fully saturated rings. The number of carbonyl (C=O) groups is 1. The van der Waals surface area contributed by atoms with Gasteiger partial charge in [-0.2, -0.15) is 13.2 Å². The average molecular weight is 424 g/mol. The zero-order chi connectivity index (χ0) is 21.9. The monoisotopic (exact) mass is 424 g/mol. The highest BCUT2D eigenvalue weighted by Crippen LogP contribution is 2.25. The molecule has 1 atom stereocenters. The summed E-state index contributed by atoms with van der Waals surface area (Å²) in [5.74, 6) is -0.101. The molecule has 0 radical (unpaired) electrons. The Morgan fingerprint density at radius 3 is 2.67 bits per heavy atom. The maximum absolute atomic E-state index is 13.0. The van der Waals surface area contributed by atoms with Crippen LogP contribution in [0.4, 0.5) is 13.2 Å². The Morgan fingerprint density at radius 2 is 2.03 bits per heavy atom. The molecule has 0 saturated carbocycles. The van der Waals surface area contributed by atoms with Crippen molar-refractivity contribution in [2.75, 3.05) is 19.7 Å². The average Bonchev–Trinajstić information content (AvgIpc) is 3.26. The van der Waals surface area contributed by atoms with Gasteiger partial charge in [0.25, 0.3) is 0 Å². The van der Waals surface area contributed by atoms with Gasteiger partial charge in [0, 0.05) is 42.2 Å². The number of aryl methyl sites for hydroxylation is 1. The first-order valence-corrected chi connectivity index (χ1v) is 10.0. The Labute approximate surface area is 174 Å². The van der Waals surface area contributed by atoms with E-state index in [0.29, 0.717) is 42.2 Å². The number of phenolic OH excluding ortho intramolecular Hbond substituents is 1. The lowest BCUT2D eigenvalue weighted by atomic mass is 10.1. The molecule has 5 nitrogen and oxygen atoms in total. The van der Waals surface area contributed by atoms with Crippen molar-refractivity contribution in [3.8, 4) is 5.75 Å². The summed E-state index contributed by atoms with van der Waals surface area (Å²) in [6.45, 7) is 3.57. The van der Waals surface area contributed by atoms with Crippen LogP contribution in [0.25, 0.3) is 0 Å². The fourth-order valence-electron chi connectivity index (χ4n) is 3.94. The lowest BCUT2D eigenvalue weighted by molar-refractivity contribution is -0.141. The number of phenols is 1. The summed E-state index contributed by atoms with van der Waals surface area (Å²) in [6.07, 6.45) is -2.50. The van der Waals surface area contributed by atoms with Gasteiger partial charge in [0.2, 0.25) is 0 Å². The molecule has 1 saturated heterocycles. The van der Waals surface area contributed by atoms with Crippen molar-refractivity contribution >= 4 is 5.78 Å². The quantitative estimate of drug-likeness (QED) is 0.644. The number of aromatic hydroxyl groups is 1. The van der Waals surface area contributed by atoms with E-state index in [2.05, 4.69) is 0 Å². The van der Waals surface area contributed by atoms with Gasteiger partial charge in [-0.1, -0.05) is 18.2 Å². The molecular formula is C22H27F3N2O3. The smallest absolute Gasteiger partial charge is 0.406 e. The van der Waals surface area contributed by atoms with Gasteiger partial charge in [-0.3, -0.25) is 9.69 Å². The summed E-state index contributed by atoms with van der Waals surface area (Å²) in [4.78, 5) is 14.9. The minimum absolute atomic E-state index is 0.00122.